The number of amides is 1. The number of carbonyl (C=O) groups is 2. The van der Waals surface area contributed by atoms with Crippen LogP contribution in [0, 0.1) is 0 Å². The van der Waals surface area contributed by atoms with E-state index in [-0.39, 0.29) is 18.1 Å². The van der Waals surface area contributed by atoms with E-state index in [0.717, 1.165) is 21.3 Å². The summed E-state index contributed by atoms with van der Waals surface area (Å²) < 4.78 is 1.20. The lowest BCUT2D eigenvalue weighted by molar-refractivity contribution is -0.118. The summed E-state index contributed by atoms with van der Waals surface area (Å²) in [5.41, 5.74) is 1.81. The van der Waals surface area contributed by atoms with Crippen LogP contribution < -0.4 is 5.32 Å². The normalized spacial score (nSPS) is 11.8. The molecule has 0 bridgehead atoms. The molecule has 0 atom stereocenters. The summed E-state index contributed by atoms with van der Waals surface area (Å²) in [6.45, 7) is 5.25. The molecule has 2 aromatic heterocycles. The maximum absolute atomic E-state index is 12.9. The second kappa shape index (κ2) is 6.87. The maximum atomic E-state index is 12.9. The summed E-state index contributed by atoms with van der Waals surface area (Å²) in [6.07, 6.45) is 2.01. The van der Waals surface area contributed by atoms with Gasteiger partial charge in [-0.2, -0.15) is 5.10 Å². The van der Waals surface area contributed by atoms with Gasteiger partial charge in [-0.25, -0.2) is 0 Å². The molecule has 0 saturated heterocycles. The Hall–Kier alpha value is -2.99. The molecule has 0 aliphatic carbocycles. The predicted molar refractivity (Wildman–Crippen MR) is 114 cm³/mol. The van der Waals surface area contributed by atoms with Crippen LogP contribution in [-0.4, -0.2) is 27.4 Å². The van der Waals surface area contributed by atoms with Gasteiger partial charge in [0.2, 0.25) is 0 Å². The molecule has 2 heterocycles. The summed E-state index contributed by atoms with van der Waals surface area (Å²) in [5, 5.41) is 12.2. The minimum Gasteiger partial charge on any atom is -0.347 e. The monoisotopic (exact) mass is 391 g/mol. The number of benzene rings is 2. The highest BCUT2D eigenvalue weighted by Crippen LogP contribution is 2.37. The zero-order chi connectivity index (χ0) is 19.9. The molecule has 0 fully saturated rings. The highest BCUT2D eigenvalue weighted by atomic mass is 32.1. The molecular formula is C22H21N3O2S. The minimum absolute atomic E-state index is 0.0431. The van der Waals surface area contributed by atoms with Gasteiger partial charge in [-0.1, -0.05) is 18.2 Å². The van der Waals surface area contributed by atoms with Gasteiger partial charge in [0, 0.05) is 38.0 Å². The molecule has 142 valence electrons. The van der Waals surface area contributed by atoms with E-state index in [4.69, 9.17) is 0 Å². The number of ketones is 1. The number of hydrogen-bond donors (Lipinski definition) is 2. The second-order valence-corrected chi connectivity index (χ2v) is 8.81. The van der Waals surface area contributed by atoms with Crippen molar-refractivity contribution in [2.24, 2.45) is 0 Å². The van der Waals surface area contributed by atoms with Crippen molar-refractivity contribution in [3.8, 4) is 10.4 Å². The molecule has 0 aliphatic heterocycles. The van der Waals surface area contributed by atoms with Crippen molar-refractivity contribution in [2.45, 2.75) is 32.7 Å². The van der Waals surface area contributed by atoms with E-state index in [2.05, 4.69) is 33.7 Å². The molecule has 0 aliphatic rings. The average molecular weight is 391 g/mol. The molecule has 28 heavy (non-hydrogen) atoms. The quantitative estimate of drug-likeness (QED) is 0.506. The molecule has 5 nitrogen and oxygen atoms in total. The summed E-state index contributed by atoms with van der Waals surface area (Å²) in [6, 6.07) is 14.1. The SMILES string of the molecule is CC(=O)CC(C)(C)NC(=O)c1cc(-c2cc3ccccc3s2)c2[nH]ncc2c1. The molecule has 2 aromatic carbocycles. The third-order valence-corrected chi connectivity index (χ3v) is 5.79. The van der Waals surface area contributed by atoms with E-state index in [0.29, 0.717) is 5.56 Å². The van der Waals surface area contributed by atoms with Crippen LogP contribution in [0.3, 0.4) is 0 Å². The molecule has 6 heteroatoms. The van der Waals surface area contributed by atoms with Crippen LogP contribution in [0.4, 0.5) is 0 Å². The van der Waals surface area contributed by atoms with Gasteiger partial charge in [-0.05, 0) is 50.4 Å². The maximum Gasteiger partial charge on any atom is 0.251 e. The number of aromatic amines is 1. The van der Waals surface area contributed by atoms with Crippen LogP contribution in [0.2, 0.25) is 0 Å². The van der Waals surface area contributed by atoms with Gasteiger partial charge in [0.15, 0.2) is 0 Å². The molecule has 2 N–H and O–H groups in total. The number of aromatic nitrogens is 2. The standard InChI is InChI=1S/C22H21N3O2S/c1-13(26)11-22(2,3)24-21(27)15-8-16-12-23-25-20(16)17(9-15)19-10-14-6-4-5-7-18(14)28-19/h4-10,12H,11H2,1-3H3,(H,23,25)(H,24,27). The zero-order valence-electron chi connectivity index (χ0n) is 16.0. The first-order valence-electron chi connectivity index (χ1n) is 9.10. The minimum atomic E-state index is -0.605. The van der Waals surface area contributed by atoms with E-state index in [9.17, 15) is 9.59 Å². The van der Waals surface area contributed by atoms with E-state index in [1.807, 2.05) is 38.1 Å². The number of hydrogen-bond acceptors (Lipinski definition) is 4. The fourth-order valence-corrected chi connectivity index (χ4v) is 4.63. The molecule has 4 aromatic rings. The molecule has 0 radical (unpaired) electrons. The second-order valence-electron chi connectivity index (χ2n) is 7.72. The van der Waals surface area contributed by atoms with Crippen molar-refractivity contribution in [1.82, 2.24) is 15.5 Å². The van der Waals surface area contributed by atoms with Gasteiger partial charge in [0.1, 0.15) is 5.78 Å². The fourth-order valence-electron chi connectivity index (χ4n) is 3.54. The third kappa shape index (κ3) is 3.55. The van der Waals surface area contributed by atoms with Crippen LogP contribution >= 0.6 is 11.3 Å². The van der Waals surface area contributed by atoms with Crippen molar-refractivity contribution < 1.29 is 9.59 Å². The lowest BCUT2D eigenvalue weighted by atomic mass is 9.97. The summed E-state index contributed by atoms with van der Waals surface area (Å²) in [4.78, 5) is 25.5. The Morgan fingerprint density at radius 3 is 2.68 bits per heavy atom. The van der Waals surface area contributed by atoms with Crippen molar-refractivity contribution in [3.63, 3.8) is 0 Å². The number of nitrogens with zero attached hydrogens (tertiary/aromatic N) is 1. The number of fused-ring (bicyclic) bond motifs is 2. The van der Waals surface area contributed by atoms with Crippen LogP contribution in [0.15, 0.2) is 48.7 Å². The van der Waals surface area contributed by atoms with Crippen LogP contribution in [-0.2, 0) is 4.79 Å². The highest BCUT2D eigenvalue weighted by molar-refractivity contribution is 7.22. The molecule has 0 saturated carbocycles. The van der Waals surface area contributed by atoms with Crippen molar-refractivity contribution in [3.05, 3.63) is 54.2 Å². The molecule has 0 spiro atoms. The molecular weight excluding hydrogens is 370 g/mol. The van der Waals surface area contributed by atoms with Gasteiger partial charge in [-0.15, -0.1) is 11.3 Å². The van der Waals surface area contributed by atoms with Gasteiger partial charge in [0.25, 0.3) is 5.91 Å². The average Bonchev–Trinajstić information content (AvgIpc) is 3.25. The fraction of sp³-hybridized carbons (Fsp3) is 0.227. The molecule has 4 rings (SSSR count). The Morgan fingerprint density at radius 2 is 1.93 bits per heavy atom. The lowest BCUT2D eigenvalue weighted by Crippen LogP contribution is -2.44. The van der Waals surface area contributed by atoms with Crippen LogP contribution in [0.25, 0.3) is 31.4 Å². The van der Waals surface area contributed by atoms with Crippen molar-refractivity contribution >= 4 is 44.0 Å². The van der Waals surface area contributed by atoms with E-state index in [1.54, 1.807) is 17.5 Å². The Bertz CT molecular complexity index is 1170. The van der Waals surface area contributed by atoms with Crippen molar-refractivity contribution in [1.29, 1.82) is 0 Å². The number of thiophene rings is 1. The largest absolute Gasteiger partial charge is 0.347 e. The van der Waals surface area contributed by atoms with Crippen LogP contribution in [0.5, 0.6) is 0 Å². The molecule has 1 amide bonds. The third-order valence-electron chi connectivity index (χ3n) is 4.64. The number of H-pyrrole nitrogens is 1. The number of nitrogens with one attached hydrogen (secondary N) is 2. The number of rotatable bonds is 5. The first-order chi connectivity index (χ1) is 13.3. The van der Waals surface area contributed by atoms with Gasteiger partial charge in [-0.3, -0.25) is 14.7 Å². The zero-order valence-corrected chi connectivity index (χ0v) is 16.8. The predicted octanol–water partition coefficient (Wildman–Crippen LogP) is 4.93. The van der Waals surface area contributed by atoms with Gasteiger partial charge >= 0.3 is 0 Å². The number of carbonyl (C=O) groups excluding carboxylic acids is 2. The first-order valence-corrected chi connectivity index (χ1v) is 9.92. The van der Waals surface area contributed by atoms with Gasteiger partial charge in [0.05, 0.1) is 11.7 Å². The Kier molecular flexibility index (Phi) is 4.51. The highest BCUT2D eigenvalue weighted by Gasteiger charge is 2.24. The Labute approximate surface area is 166 Å². The lowest BCUT2D eigenvalue weighted by Gasteiger charge is -2.25. The van der Waals surface area contributed by atoms with Crippen molar-refractivity contribution in [2.75, 3.05) is 0 Å². The summed E-state index contributed by atoms with van der Waals surface area (Å²) >= 11 is 1.69. The first kappa shape index (κ1) is 18.4. The Balaban J connectivity index is 1.77. The Morgan fingerprint density at radius 1 is 1.14 bits per heavy atom. The topological polar surface area (TPSA) is 74.8 Å². The number of Topliss-reactive ketones (excluding diaryl/α,β-unsaturated/α-hetero) is 1. The molecule has 0 unspecified atom stereocenters. The van der Waals surface area contributed by atoms with E-state index < -0.39 is 5.54 Å². The summed E-state index contributed by atoms with van der Waals surface area (Å²) in [7, 11) is 0. The summed E-state index contributed by atoms with van der Waals surface area (Å²) in [5.74, 6) is -0.154. The van der Waals surface area contributed by atoms with Crippen LogP contribution in [0.1, 0.15) is 37.6 Å². The van der Waals surface area contributed by atoms with E-state index >= 15 is 0 Å². The van der Waals surface area contributed by atoms with Gasteiger partial charge < -0.3 is 5.32 Å². The smallest absolute Gasteiger partial charge is 0.251 e. The van der Waals surface area contributed by atoms with E-state index in [1.165, 1.54) is 17.0 Å².